The molecule has 4 rings (SSSR count). The van der Waals surface area contributed by atoms with Crippen LogP contribution in [-0.4, -0.2) is 30.0 Å². The minimum atomic E-state index is -4.11. The molecule has 0 unspecified atom stereocenters. The van der Waals surface area contributed by atoms with Crippen LogP contribution in [0.5, 0.6) is 0 Å². The molecule has 4 aromatic rings. The van der Waals surface area contributed by atoms with E-state index in [1.165, 1.54) is 39.5 Å². The molecule has 34 heavy (non-hydrogen) atoms. The van der Waals surface area contributed by atoms with Crippen LogP contribution >= 0.6 is 23.2 Å². The van der Waals surface area contributed by atoms with Gasteiger partial charge in [-0.2, -0.15) is 0 Å². The van der Waals surface area contributed by atoms with E-state index in [1.54, 1.807) is 50.5 Å². The van der Waals surface area contributed by atoms with Crippen LogP contribution in [0.2, 0.25) is 10.0 Å². The quantitative estimate of drug-likeness (QED) is 0.417. The van der Waals surface area contributed by atoms with Gasteiger partial charge in [-0.05, 0) is 48.5 Å². The Morgan fingerprint density at radius 1 is 0.912 bits per heavy atom. The van der Waals surface area contributed by atoms with Crippen LogP contribution in [-0.2, 0) is 28.9 Å². The highest BCUT2D eigenvalue weighted by atomic mass is 35.5. The summed E-state index contributed by atoms with van der Waals surface area (Å²) >= 11 is 12.2. The molecule has 0 aliphatic carbocycles. The topological polar surface area (TPSA) is 93.4 Å². The number of carbonyl (C=O) groups excluding carboxylic acids is 1. The van der Waals surface area contributed by atoms with Gasteiger partial charge >= 0.3 is 5.69 Å². The Bertz CT molecular complexity index is 1540. The summed E-state index contributed by atoms with van der Waals surface area (Å²) in [5.74, 6) is -0.587. The molecule has 1 N–H and O–H groups in total. The second kappa shape index (κ2) is 9.17. The predicted octanol–water partition coefficient (Wildman–Crippen LogP) is 4.02. The number of hydrogen-bond acceptors (Lipinski definition) is 4. The normalized spacial score (nSPS) is 11.5. The third-order valence-corrected chi connectivity index (χ3v) is 7.53. The summed E-state index contributed by atoms with van der Waals surface area (Å²) in [4.78, 5) is 25.2. The maximum atomic E-state index is 13.4. The van der Waals surface area contributed by atoms with Gasteiger partial charge in [-0.15, -0.1) is 0 Å². The van der Waals surface area contributed by atoms with E-state index in [9.17, 15) is 18.0 Å². The van der Waals surface area contributed by atoms with Crippen molar-refractivity contribution in [2.45, 2.75) is 4.90 Å². The maximum absolute atomic E-state index is 13.4. The Kier molecular flexibility index (Phi) is 6.44. The van der Waals surface area contributed by atoms with Crippen LogP contribution in [0, 0.1) is 0 Å². The lowest BCUT2D eigenvalue weighted by Gasteiger charge is -2.24. The molecule has 8 nitrogen and oxygen atoms in total. The summed E-state index contributed by atoms with van der Waals surface area (Å²) in [6.07, 6.45) is 0. The lowest BCUT2D eigenvalue weighted by atomic mass is 10.2. The van der Waals surface area contributed by atoms with E-state index in [0.29, 0.717) is 16.7 Å². The minimum absolute atomic E-state index is 0.0135. The molecule has 1 heterocycles. The largest absolute Gasteiger partial charge is 0.328 e. The number of hydrogen-bond donors (Lipinski definition) is 1. The van der Waals surface area contributed by atoms with Crippen molar-refractivity contribution < 1.29 is 13.2 Å². The van der Waals surface area contributed by atoms with E-state index in [-0.39, 0.29) is 26.3 Å². The van der Waals surface area contributed by atoms with Gasteiger partial charge in [0.05, 0.1) is 21.6 Å². The number of nitrogens with zero attached hydrogens (tertiary/aromatic N) is 3. The number of nitrogens with one attached hydrogen (secondary N) is 1. The number of amides is 1. The van der Waals surface area contributed by atoms with Crippen LogP contribution < -0.4 is 15.3 Å². The Morgan fingerprint density at radius 2 is 1.53 bits per heavy atom. The number of aromatic nitrogens is 2. The van der Waals surface area contributed by atoms with Crippen molar-refractivity contribution in [3.8, 4) is 0 Å². The highest BCUT2D eigenvalue weighted by Gasteiger charge is 2.28. The number of imidazole rings is 1. The second-order valence-corrected chi connectivity index (χ2v) is 10.3. The van der Waals surface area contributed by atoms with Crippen molar-refractivity contribution in [2.75, 3.05) is 16.2 Å². The predicted molar refractivity (Wildman–Crippen MR) is 134 cm³/mol. The van der Waals surface area contributed by atoms with Gasteiger partial charge in [0.2, 0.25) is 5.91 Å². The lowest BCUT2D eigenvalue weighted by Crippen LogP contribution is -2.38. The van der Waals surface area contributed by atoms with Crippen LogP contribution in [0.4, 0.5) is 11.4 Å². The van der Waals surface area contributed by atoms with Crippen molar-refractivity contribution in [3.63, 3.8) is 0 Å². The summed E-state index contributed by atoms with van der Waals surface area (Å²) in [5.41, 5.74) is 1.70. The number of anilines is 2. The number of carbonyl (C=O) groups is 1. The molecule has 0 aliphatic heterocycles. The van der Waals surface area contributed by atoms with Crippen molar-refractivity contribution in [1.29, 1.82) is 0 Å². The summed E-state index contributed by atoms with van der Waals surface area (Å²) in [7, 11) is -0.822. The van der Waals surface area contributed by atoms with Crippen molar-refractivity contribution in [2.24, 2.45) is 14.1 Å². The molecule has 0 saturated carbocycles. The van der Waals surface area contributed by atoms with Crippen molar-refractivity contribution >= 4 is 61.5 Å². The van der Waals surface area contributed by atoms with Gasteiger partial charge in [0.15, 0.2) is 0 Å². The first-order valence-electron chi connectivity index (χ1n) is 10.1. The molecule has 0 fully saturated rings. The summed E-state index contributed by atoms with van der Waals surface area (Å²) in [6, 6.07) is 17.1. The zero-order valence-corrected chi connectivity index (χ0v) is 20.5. The highest BCUT2D eigenvalue weighted by molar-refractivity contribution is 7.92. The lowest BCUT2D eigenvalue weighted by molar-refractivity contribution is -0.114. The monoisotopic (exact) mass is 518 g/mol. The van der Waals surface area contributed by atoms with E-state index in [0.717, 1.165) is 4.31 Å². The number of sulfonamides is 1. The summed E-state index contributed by atoms with van der Waals surface area (Å²) < 4.78 is 30.8. The van der Waals surface area contributed by atoms with Gasteiger partial charge in [0, 0.05) is 29.8 Å². The third kappa shape index (κ3) is 4.54. The fourth-order valence-corrected chi connectivity index (χ4v) is 5.57. The summed E-state index contributed by atoms with van der Waals surface area (Å²) in [6.45, 7) is -0.528. The zero-order chi connectivity index (χ0) is 24.6. The molecule has 3 aromatic carbocycles. The zero-order valence-electron chi connectivity index (χ0n) is 18.2. The van der Waals surface area contributed by atoms with Crippen LogP contribution in [0.15, 0.2) is 76.4 Å². The molecule has 11 heteroatoms. The van der Waals surface area contributed by atoms with Crippen LogP contribution in [0.1, 0.15) is 0 Å². The minimum Gasteiger partial charge on any atom is -0.324 e. The van der Waals surface area contributed by atoms with Gasteiger partial charge in [-0.25, -0.2) is 13.2 Å². The first kappa shape index (κ1) is 23.9. The molecule has 0 aliphatic rings. The first-order chi connectivity index (χ1) is 16.1. The maximum Gasteiger partial charge on any atom is 0.328 e. The van der Waals surface area contributed by atoms with Crippen molar-refractivity contribution in [1.82, 2.24) is 9.13 Å². The van der Waals surface area contributed by atoms with E-state index < -0.39 is 22.5 Å². The van der Waals surface area contributed by atoms with E-state index >= 15 is 0 Å². The number of benzene rings is 3. The van der Waals surface area contributed by atoms with Crippen LogP contribution in [0.3, 0.4) is 0 Å². The molecule has 176 valence electrons. The smallest absolute Gasteiger partial charge is 0.324 e. The molecule has 1 amide bonds. The molecule has 0 spiro atoms. The number of aryl methyl sites for hydroxylation is 2. The fourth-order valence-electron chi connectivity index (χ4n) is 3.63. The molecular weight excluding hydrogens is 499 g/mol. The van der Waals surface area contributed by atoms with Gasteiger partial charge in [-0.1, -0.05) is 41.4 Å². The van der Waals surface area contributed by atoms with E-state index in [2.05, 4.69) is 5.32 Å². The van der Waals surface area contributed by atoms with Crippen LogP contribution in [0.25, 0.3) is 11.0 Å². The van der Waals surface area contributed by atoms with E-state index in [1.807, 2.05) is 0 Å². The van der Waals surface area contributed by atoms with Gasteiger partial charge in [0.1, 0.15) is 6.54 Å². The highest BCUT2D eigenvalue weighted by Crippen LogP contribution is 2.30. The first-order valence-corrected chi connectivity index (χ1v) is 12.3. The molecule has 1 aromatic heterocycles. The molecule has 0 saturated heterocycles. The molecular formula is C23H20Cl2N4O4S. The van der Waals surface area contributed by atoms with Gasteiger partial charge in [0.25, 0.3) is 10.0 Å². The number of rotatable bonds is 6. The fraction of sp³-hybridized carbons (Fsp3) is 0.130. The average Bonchev–Trinajstić information content (AvgIpc) is 3.01. The Hall–Kier alpha value is -3.27. The van der Waals surface area contributed by atoms with Gasteiger partial charge < -0.3 is 5.32 Å². The van der Waals surface area contributed by atoms with Crippen molar-refractivity contribution in [3.05, 3.63) is 87.3 Å². The second-order valence-electron chi connectivity index (χ2n) is 7.60. The number of halogens is 2. The molecule has 0 atom stereocenters. The van der Waals surface area contributed by atoms with Gasteiger partial charge in [-0.3, -0.25) is 18.2 Å². The molecule has 0 bridgehead atoms. The van der Waals surface area contributed by atoms with E-state index in [4.69, 9.17) is 23.2 Å². The molecule has 0 radical (unpaired) electrons. The Morgan fingerprint density at radius 3 is 2.18 bits per heavy atom. The Balaban J connectivity index is 1.69. The third-order valence-electron chi connectivity index (χ3n) is 5.31. The SMILES string of the molecule is Cn1c(=O)n(C)c2cc(NC(=O)CN(c3cc(Cl)cc(Cl)c3)S(=O)(=O)c3ccccc3)ccc21. The number of fused-ring (bicyclic) bond motifs is 1. The standard InChI is InChI=1S/C23H20Cl2N4O4S/c1-27-20-9-8-17(13-21(20)28(2)23(27)31)26-22(30)14-29(18-11-15(24)10-16(25)12-18)34(32,33)19-6-4-3-5-7-19/h3-13H,14H2,1-2H3,(H,26,30). The summed E-state index contributed by atoms with van der Waals surface area (Å²) in [5, 5.41) is 3.16. The Labute approximate surface area is 206 Å². The average molecular weight is 519 g/mol.